The van der Waals surface area contributed by atoms with Gasteiger partial charge in [0, 0.05) is 13.0 Å². The van der Waals surface area contributed by atoms with Gasteiger partial charge in [-0.1, -0.05) is 13.8 Å². The molecule has 0 aromatic heterocycles. The lowest BCUT2D eigenvalue weighted by Crippen LogP contribution is -2.45. The minimum atomic E-state index is -0.667. The summed E-state index contributed by atoms with van der Waals surface area (Å²) in [6.07, 6.45) is 0.885. The molecule has 4 N–H and O–H groups in total. The zero-order valence-electron chi connectivity index (χ0n) is 12.6. The van der Waals surface area contributed by atoms with Crippen molar-refractivity contribution in [2.45, 2.75) is 32.7 Å². The van der Waals surface area contributed by atoms with Gasteiger partial charge in [-0.05, 0) is 6.42 Å². The highest BCUT2D eigenvalue weighted by Gasteiger charge is 2.15. The summed E-state index contributed by atoms with van der Waals surface area (Å²) in [5.74, 6) is -0.981. The van der Waals surface area contributed by atoms with E-state index in [0.29, 0.717) is 32.6 Å². The molecule has 0 aliphatic carbocycles. The first-order chi connectivity index (χ1) is 10.0. The van der Waals surface area contributed by atoms with Gasteiger partial charge in [0.15, 0.2) is 0 Å². The van der Waals surface area contributed by atoms with Crippen molar-refractivity contribution in [2.24, 2.45) is 5.73 Å². The molecule has 0 saturated heterocycles. The van der Waals surface area contributed by atoms with Gasteiger partial charge in [0.05, 0.1) is 19.8 Å². The summed E-state index contributed by atoms with van der Waals surface area (Å²) in [5.41, 5.74) is 5.11. The number of carbonyl (C=O) groups excluding carboxylic acids is 3. The third-order valence-corrected chi connectivity index (χ3v) is 2.58. The first-order valence-corrected chi connectivity index (χ1v) is 7.02. The van der Waals surface area contributed by atoms with Crippen molar-refractivity contribution in [2.75, 3.05) is 33.0 Å². The largest absolute Gasteiger partial charge is 0.377 e. The van der Waals surface area contributed by atoms with Crippen molar-refractivity contribution < 1.29 is 23.9 Å². The Balaban J connectivity index is 3.48. The summed E-state index contributed by atoms with van der Waals surface area (Å²) in [5, 5.41) is 5.14. The topological polar surface area (TPSA) is 120 Å². The van der Waals surface area contributed by atoms with E-state index in [1.165, 1.54) is 0 Å². The molecule has 0 aliphatic heterocycles. The van der Waals surface area contributed by atoms with E-state index in [4.69, 9.17) is 15.2 Å². The van der Waals surface area contributed by atoms with E-state index in [1.54, 1.807) is 13.8 Å². The third-order valence-electron chi connectivity index (χ3n) is 2.58. The van der Waals surface area contributed by atoms with E-state index in [9.17, 15) is 14.4 Å². The van der Waals surface area contributed by atoms with Crippen LogP contribution in [0.3, 0.4) is 0 Å². The van der Waals surface area contributed by atoms with Gasteiger partial charge in [0.2, 0.25) is 17.7 Å². The Morgan fingerprint density at radius 2 is 1.71 bits per heavy atom. The maximum Gasteiger partial charge on any atom is 0.246 e. The van der Waals surface area contributed by atoms with E-state index in [-0.39, 0.29) is 19.1 Å². The maximum absolute atomic E-state index is 11.4. The van der Waals surface area contributed by atoms with Crippen LogP contribution in [0.4, 0.5) is 0 Å². The SMILES string of the molecule is CCC(=O)NCCOCCOCC(=O)N[C@@H](CC)C(N)=O. The summed E-state index contributed by atoms with van der Waals surface area (Å²) in [4.78, 5) is 33.3. The molecule has 8 nitrogen and oxygen atoms in total. The molecule has 0 bridgehead atoms. The van der Waals surface area contributed by atoms with Crippen LogP contribution in [0.25, 0.3) is 0 Å². The van der Waals surface area contributed by atoms with Crippen LogP contribution >= 0.6 is 0 Å². The monoisotopic (exact) mass is 303 g/mol. The molecule has 0 saturated carbocycles. The second-order valence-corrected chi connectivity index (χ2v) is 4.30. The van der Waals surface area contributed by atoms with Crippen molar-refractivity contribution >= 4 is 17.7 Å². The average Bonchev–Trinajstić information content (AvgIpc) is 2.46. The molecule has 0 spiro atoms. The highest BCUT2D eigenvalue weighted by Crippen LogP contribution is 1.89. The van der Waals surface area contributed by atoms with E-state index in [1.807, 2.05) is 0 Å². The van der Waals surface area contributed by atoms with E-state index in [2.05, 4.69) is 10.6 Å². The van der Waals surface area contributed by atoms with Crippen LogP contribution in [0.1, 0.15) is 26.7 Å². The Bertz CT molecular complexity index is 336. The number of amides is 3. The summed E-state index contributed by atoms with van der Waals surface area (Å²) in [6.45, 7) is 4.79. The number of primary amides is 1. The Kier molecular flexibility index (Phi) is 11.1. The second kappa shape index (κ2) is 12.1. The van der Waals surface area contributed by atoms with Crippen molar-refractivity contribution in [3.63, 3.8) is 0 Å². The predicted molar refractivity (Wildman–Crippen MR) is 76.4 cm³/mol. The number of ether oxygens (including phenoxy) is 2. The minimum Gasteiger partial charge on any atom is -0.377 e. The fourth-order valence-corrected chi connectivity index (χ4v) is 1.38. The molecule has 1 atom stereocenters. The lowest BCUT2D eigenvalue weighted by Gasteiger charge is -2.13. The van der Waals surface area contributed by atoms with Crippen molar-refractivity contribution in [1.82, 2.24) is 10.6 Å². The standard InChI is InChI=1S/C13H25N3O5/c1-3-10(13(14)19)16-12(18)9-21-8-7-20-6-5-15-11(17)4-2/h10H,3-9H2,1-2H3,(H2,14,19)(H,15,17)(H,16,18)/t10-/m0/s1. The van der Waals surface area contributed by atoms with E-state index in [0.717, 1.165) is 0 Å². The van der Waals surface area contributed by atoms with E-state index < -0.39 is 17.9 Å². The van der Waals surface area contributed by atoms with Crippen LogP contribution < -0.4 is 16.4 Å². The summed E-state index contributed by atoms with van der Waals surface area (Å²) < 4.78 is 10.3. The van der Waals surface area contributed by atoms with Crippen molar-refractivity contribution in [1.29, 1.82) is 0 Å². The Morgan fingerprint density at radius 1 is 1.05 bits per heavy atom. The molecule has 0 aromatic carbocycles. The molecule has 0 heterocycles. The molecule has 0 rings (SSSR count). The van der Waals surface area contributed by atoms with Gasteiger partial charge in [-0.15, -0.1) is 0 Å². The first-order valence-electron chi connectivity index (χ1n) is 7.02. The Hall–Kier alpha value is -1.67. The highest BCUT2D eigenvalue weighted by atomic mass is 16.5. The van der Waals surface area contributed by atoms with Gasteiger partial charge in [-0.2, -0.15) is 0 Å². The smallest absolute Gasteiger partial charge is 0.246 e. The molecule has 122 valence electrons. The lowest BCUT2D eigenvalue weighted by atomic mass is 10.2. The number of nitrogens with two attached hydrogens (primary N) is 1. The van der Waals surface area contributed by atoms with Crippen molar-refractivity contribution in [3.05, 3.63) is 0 Å². The zero-order valence-corrected chi connectivity index (χ0v) is 12.6. The summed E-state index contributed by atoms with van der Waals surface area (Å²) >= 11 is 0. The molecule has 0 radical (unpaired) electrons. The summed E-state index contributed by atoms with van der Waals surface area (Å²) in [7, 11) is 0. The number of carbonyl (C=O) groups is 3. The van der Waals surface area contributed by atoms with Gasteiger partial charge in [0.1, 0.15) is 12.6 Å². The van der Waals surface area contributed by atoms with Gasteiger partial charge in [-0.3, -0.25) is 14.4 Å². The summed E-state index contributed by atoms with van der Waals surface area (Å²) in [6, 6.07) is -0.667. The third kappa shape index (κ3) is 10.7. The van der Waals surface area contributed by atoms with Gasteiger partial charge in [-0.25, -0.2) is 0 Å². The molecule has 0 fully saturated rings. The number of hydrogen-bond donors (Lipinski definition) is 3. The number of hydrogen-bond acceptors (Lipinski definition) is 5. The number of rotatable bonds is 12. The van der Waals surface area contributed by atoms with Crippen LogP contribution in [0.15, 0.2) is 0 Å². The zero-order chi connectivity index (χ0) is 16.1. The predicted octanol–water partition coefficient (Wildman–Crippen LogP) is -1.07. The molecule has 0 aromatic rings. The molecule has 0 aliphatic rings. The van der Waals surface area contributed by atoms with Crippen molar-refractivity contribution in [3.8, 4) is 0 Å². The van der Waals surface area contributed by atoms with E-state index >= 15 is 0 Å². The van der Waals surface area contributed by atoms with Gasteiger partial charge in [0.25, 0.3) is 0 Å². The molecule has 0 unspecified atom stereocenters. The van der Waals surface area contributed by atoms with Crippen LogP contribution in [0, 0.1) is 0 Å². The second-order valence-electron chi connectivity index (χ2n) is 4.30. The highest BCUT2D eigenvalue weighted by molar-refractivity contribution is 5.86. The lowest BCUT2D eigenvalue weighted by molar-refractivity contribution is -0.130. The van der Waals surface area contributed by atoms with Crippen LogP contribution in [-0.4, -0.2) is 56.7 Å². The fraction of sp³-hybridized carbons (Fsp3) is 0.769. The van der Waals surface area contributed by atoms with Gasteiger partial charge < -0.3 is 25.8 Å². The molecular weight excluding hydrogens is 278 g/mol. The van der Waals surface area contributed by atoms with Gasteiger partial charge >= 0.3 is 0 Å². The van der Waals surface area contributed by atoms with Crippen LogP contribution in [0.5, 0.6) is 0 Å². The average molecular weight is 303 g/mol. The van der Waals surface area contributed by atoms with Crippen LogP contribution in [-0.2, 0) is 23.9 Å². The normalized spacial score (nSPS) is 11.7. The molecule has 3 amide bonds. The number of nitrogens with one attached hydrogen (secondary N) is 2. The fourth-order valence-electron chi connectivity index (χ4n) is 1.38. The Morgan fingerprint density at radius 3 is 2.29 bits per heavy atom. The minimum absolute atomic E-state index is 0.0218. The molecular formula is C13H25N3O5. The van der Waals surface area contributed by atoms with Crippen LogP contribution in [0.2, 0.25) is 0 Å². The molecule has 21 heavy (non-hydrogen) atoms. The Labute approximate surface area is 124 Å². The first kappa shape index (κ1) is 19.3. The maximum atomic E-state index is 11.4. The quantitative estimate of drug-likeness (QED) is 0.396. The molecule has 8 heteroatoms.